The van der Waals surface area contributed by atoms with Crippen molar-refractivity contribution in [3.8, 4) is 0 Å². The lowest BCUT2D eigenvalue weighted by Gasteiger charge is -2.07. The van der Waals surface area contributed by atoms with Crippen LogP contribution in [0.25, 0.3) is 0 Å². The van der Waals surface area contributed by atoms with Crippen LogP contribution in [-0.4, -0.2) is 19.9 Å². The van der Waals surface area contributed by atoms with Gasteiger partial charge in [-0.1, -0.05) is 29.8 Å². The van der Waals surface area contributed by atoms with Crippen LogP contribution in [0.15, 0.2) is 47.5 Å². The highest BCUT2D eigenvalue weighted by Crippen LogP contribution is 2.09. The second-order valence-electron chi connectivity index (χ2n) is 4.56. The van der Waals surface area contributed by atoms with E-state index in [2.05, 4.69) is 9.71 Å². The average molecular weight is 291 g/mol. The van der Waals surface area contributed by atoms with Gasteiger partial charge < -0.3 is 5.73 Å². The molecule has 0 aliphatic heterocycles. The highest BCUT2D eigenvalue weighted by atomic mass is 32.2. The highest BCUT2D eigenvalue weighted by Gasteiger charge is 2.13. The fourth-order valence-electron chi connectivity index (χ4n) is 1.83. The fourth-order valence-corrected chi connectivity index (χ4v) is 2.81. The van der Waals surface area contributed by atoms with Gasteiger partial charge in [0.25, 0.3) is 0 Å². The van der Waals surface area contributed by atoms with Crippen molar-refractivity contribution in [1.82, 2.24) is 9.71 Å². The van der Waals surface area contributed by atoms with E-state index in [1.165, 1.54) is 18.3 Å². The number of aromatic nitrogens is 1. The van der Waals surface area contributed by atoms with Crippen LogP contribution in [0.1, 0.15) is 11.1 Å². The zero-order chi connectivity index (χ0) is 14.6. The largest absolute Gasteiger partial charge is 0.384 e. The third-order valence-corrected chi connectivity index (χ3v) is 4.30. The molecule has 1 aromatic carbocycles. The minimum absolute atomic E-state index is 0.121. The number of sulfonamides is 1. The van der Waals surface area contributed by atoms with Crippen LogP contribution in [0.4, 0.5) is 5.82 Å². The van der Waals surface area contributed by atoms with Crippen LogP contribution in [0.3, 0.4) is 0 Å². The second-order valence-corrected chi connectivity index (χ2v) is 6.32. The van der Waals surface area contributed by atoms with Gasteiger partial charge in [0.2, 0.25) is 10.0 Å². The number of rotatable bonds is 5. The van der Waals surface area contributed by atoms with Gasteiger partial charge in [-0.3, -0.25) is 0 Å². The lowest BCUT2D eigenvalue weighted by molar-refractivity contribution is 0.581. The van der Waals surface area contributed by atoms with Crippen molar-refractivity contribution in [1.29, 1.82) is 0 Å². The molecule has 0 amide bonds. The molecule has 20 heavy (non-hydrogen) atoms. The van der Waals surface area contributed by atoms with E-state index >= 15 is 0 Å². The molecule has 106 valence electrons. The first-order chi connectivity index (χ1) is 9.47. The Morgan fingerprint density at radius 1 is 1.25 bits per heavy atom. The Kier molecular flexibility index (Phi) is 4.36. The molecule has 0 fully saturated rings. The minimum atomic E-state index is -3.53. The van der Waals surface area contributed by atoms with E-state index in [0.717, 1.165) is 11.1 Å². The Morgan fingerprint density at radius 2 is 2.05 bits per heavy atom. The molecule has 1 heterocycles. The summed E-state index contributed by atoms with van der Waals surface area (Å²) in [4.78, 5) is 3.90. The minimum Gasteiger partial charge on any atom is -0.384 e. The Bertz CT molecular complexity index is 682. The number of nitrogens with two attached hydrogens (primary N) is 1. The van der Waals surface area contributed by atoms with Crippen molar-refractivity contribution < 1.29 is 8.42 Å². The summed E-state index contributed by atoms with van der Waals surface area (Å²) < 4.78 is 26.6. The first-order valence-electron chi connectivity index (χ1n) is 6.24. The van der Waals surface area contributed by atoms with Crippen molar-refractivity contribution in [2.24, 2.45) is 0 Å². The third-order valence-electron chi connectivity index (χ3n) is 2.86. The molecular weight excluding hydrogens is 274 g/mol. The first-order valence-corrected chi connectivity index (χ1v) is 7.72. The van der Waals surface area contributed by atoms with E-state index in [9.17, 15) is 8.42 Å². The molecule has 0 aliphatic carbocycles. The molecular formula is C14H17N3O2S. The van der Waals surface area contributed by atoms with Gasteiger partial charge >= 0.3 is 0 Å². The highest BCUT2D eigenvalue weighted by molar-refractivity contribution is 7.89. The molecule has 0 unspecified atom stereocenters. The van der Waals surface area contributed by atoms with Gasteiger partial charge in [0.05, 0.1) is 0 Å². The zero-order valence-corrected chi connectivity index (χ0v) is 12.0. The molecule has 0 bridgehead atoms. The zero-order valence-electron chi connectivity index (χ0n) is 11.2. The number of aryl methyl sites for hydroxylation is 1. The van der Waals surface area contributed by atoms with Crippen LogP contribution < -0.4 is 10.5 Å². The van der Waals surface area contributed by atoms with Gasteiger partial charge in [-0.25, -0.2) is 18.1 Å². The Labute approximate surface area is 118 Å². The van der Waals surface area contributed by atoms with Gasteiger partial charge in [-0.05, 0) is 31.0 Å². The average Bonchev–Trinajstić information content (AvgIpc) is 2.39. The molecule has 2 rings (SSSR count). The molecule has 6 heteroatoms. The predicted octanol–water partition coefficient (Wildman–Crippen LogP) is 1.49. The third kappa shape index (κ3) is 3.79. The summed E-state index contributed by atoms with van der Waals surface area (Å²) in [5.74, 6) is 0.295. The number of nitrogen functional groups attached to an aromatic ring is 1. The van der Waals surface area contributed by atoms with Gasteiger partial charge in [0, 0.05) is 12.7 Å². The molecule has 1 aromatic heterocycles. The lowest BCUT2D eigenvalue weighted by Crippen LogP contribution is -2.26. The Morgan fingerprint density at radius 3 is 2.70 bits per heavy atom. The van der Waals surface area contributed by atoms with Crippen molar-refractivity contribution >= 4 is 15.8 Å². The number of hydrogen-bond donors (Lipinski definition) is 2. The molecule has 0 spiro atoms. The molecule has 3 N–H and O–H groups in total. The van der Waals surface area contributed by atoms with Gasteiger partial charge in [0.15, 0.2) is 0 Å². The van der Waals surface area contributed by atoms with Crippen molar-refractivity contribution in [3.05, 3.63) is 53.7 Å². The molecule has 2 aromatic rings. The number of hydrogen-bond acceptors (Lipinski definition) is 4. The molecule has 5 nitrogen and oxygen atoms in total. The lowest BCUT2D eigenvalue weighted by atomic mass is 10.1. The first kappa shape index (κ1) is 14.5. The van der Waals surface area contributed by atoms with E-state index in [1.54, 1.807) is 0 Å². The van der Waals surface area contributed by atoms with Crippen LogP contribution in [0.2, 0.25) is 0 Å². The molecule has 0 aliphatic rings. The van der Waals surface area contributed by atoms with E-state index in [1.807, 2.05) is 31.2 Å². The quantitative estimate of drug-likeness (QED) is 0.874. The number of anilines is 1. The smallest absolute Gasteiger partial charge is 0.242 e. The van der Waals surface area contributed by atoms with E-state index in [-0.39, 0.29) is 4.90 Å². The molecule has 0 saturated heterocycles. The standard InChI is InChI=1S/C14H17N3O2S/c1-11-3-2-4-12(9-11)7-8-17-20(18,19)13-5-6-14(15)16-10-13/h2-6,9-10,17H,7-8H2,1H3,(H2,15,16). The Balaban J connectivity index is 1.98. The van der Waals surface area contributed by atoms with E-state index in [4.69, 9.17) is 5.73 Å². The summed E-state index contributed by atoms with van der Waals surface area (Å²) in [5, 5.41) is 0. The summed E-state index contributed by atoms with van der Waals surface area (Å²) in [6.07, 6.45) is 1.90. The molecule has 0 saturated carbocycles. The van der Waals surface area contributed by atoms with Gasteiger partial charge in [0.1, 0.15) is 10.7 Å². The maximum atomic E-state index is 12.0. The summed E-state index contributed by atoms with van der Waals surface area (Å²) in [6.45, 7) is 2.35. The van der Waals surface area contributed by atoms with Gasteiger partial charge in [-0.2, -0.15) is 0 Å². The predicted molar refractivity (Wildman–Crippen MR) is 78.7 cm³/mol. The summed E-state index contributed by atoms with van der Waals surface area (Å²) in [6, 6.07) is 10.9. The van der Waals surface area contributed by atoms with Crippen molar-refractivity contribution in [2.45, 2.75) is 18.2 Å². The molecule has 0 radical (unpaired) electrons. The normalized spacial score (nSPS) is 11.4. The van der Waals surface area contributed by atoms with Crippen LogP contribution in [0.5, 0.6) is 0 Å². The number of nitrogens with one attached hydrogen (secondary N) is 1. The van der Waals surface area contributed by atoms with Crippen molar-refractivity contribution in [2.75, 3.05) is 12.3 Å². The second kappa shape index (κ2) is 6.02. The summed E-state index contributed by atoms with van der Waals surface area (Å²) >= 11 is 0. The van der Waals surface area contributed by atoms with E-state index in [0.29, 0.717) is 18.8 Å². The Hall–Kier alpha value is -1.92. The summed E-state index contributed by atoms with van der Waals surface area (Å²) in [7, 11) is -3.53. The number of benzene rings is 1. The van der Waals surface area contributed by atoms with E-state index < -0.39 is 10.0 Å². The molecule has 0 atom stereocenters. The number of pyridine rings is 1. The van der Waals surface area contributed by atoms with Crippen LogP contribution in [0, 0.1) is 6.92 Å². The summed E-state index contributed by atoms with van der Waals surface area (Å²) in [5.41, 5.74) is 7.69. The maximum Gasteiger partial charge on any atom is 0.242 e. The monoisotopic (exact) mass is 291 g/mol. The van der Waals surface area contributed by atoms with Crippen LogP contribution in [-0.2, 0) is 16.4 Å². The van der Waals surface area contributed by atoms with Gasteiger partial charge in [-0.15, -0.1) is 0 Å². The van der Waals surface area contributed by atoms with Crippen LogP contribution >= 0.6 is 0 Å². The maximum absolute atomic E-state index is 12.0. The fraction of sp³-hybridized carbons (Fsp3) is 0.214. The number of nitrogens with zero attached hydrogens (tertiary/aromatic N) is 1. The topological polar surface area (TPSA) is 85.1 Å². The SMILES string of the molecule is Cc1cccc(CCNS(=O)(=O)c2ccc(N)nc2)c1. The van der Waals surface area contributed by atoms with Crippen molar-refractivity contribution in [3.63, 3.8) is 0 Å².